The maximum atomic E-state index is 5.77. The molecule has 0 aromatic rings. The summed E-state index contributed by atoms with van der Waals surface area (Å²) in [7, 11) is 1.72. The molecule has 5 heteroatoms. The molecule has 16 heavy (non-hydrogen) atoms. The van der Waals surface area contributed by atoms with E-state index >= 15 is 0 Å². The zero-order chi connectivity index (χ0) is 11.4. The molecule has 2 unspecified atom stereocenters. The largest absolute Gasteiger partial charge is 0.385 e. The van der Waals surface area contributed by atoms with Crippen LogP contribution in [0, 0.1) is 0 Å². The fraction of sp³-hybridized carbons (Fsp3) is 0.909. The van der Waals surface area contributed by atoms with Crippen molar-refractivity contribution in [2.75, 3.05) is 33.4 Å². The molecule has 4 nitrogen and oxygen atoms in total. The number of likely N-dealkylation sites (tertiary alicyclic amines) is 1. The summed E-state index contributed by atoms with van der Waals surface area (Å²) in [5.41, 5.74) is 0. The second-order valence-corrected chi connectivity index (χ2v) is 4.83. The van der Waals surface area contributed by atoms with Gasteiger partial charge in [-0.3, -0.25) is 0 Å². The molecule has 2 atom stereocenters. The molecule has 2 aliphatic rings. The van der Waals surface area contributed by atoms with Crippen molar-refractivity contribution in [2.45, 2.75) is 31.5 Å². The zero-order valence-electron chi connectivity index (χ0n) is 9.78. The highest BCUT2D eigenvalue weighted by Gasteiger charge is 2.34. The van der Waals surface area contributed by atoms with E-state index in [4.69, 9.17) is 21.7 Å². The summed E-state index contributed by atoms with van der Waals surface area (Å²) < 4.78 is 10.8. The third-order valence-corrected chi connectivity index (χ3v) is 3.53. The van der Waals surface area contributed by atoms with Gasteiger partial charge in [0.25, 0.3) is 0 Å². The fourth-order valence-electron chi connectivity index (χ4n) is 2.30. The number of nitrogens with zero attached hydrogens (tertiary/aromatic N) is 1. The number of fused-ring (bicyclic) bond motifs is 2. The summed E-state index contributed by atoms with van der Waals surface area (Å²) >= 11 is 5.38. The van der Waals surface area contributed by atoms with E-state index in [1.807, 2.05) is 0 Å². The summed E-state index contributed by atoms with van der Waals surface area (Å²) in [6.07, 6.45) is 4.17. The summed E-state index contributed by atoms with van der Waals surface area (Å²) in [5.74, 6) is 0. The van der Waals surface area contributed by atoms with Crippen LogP contribution in [0.1, 0.15) is 19.3 Å². The van der Waals surface area contributed by atoms with Gasteiger partial charge in [-0.15, -0.1) is 0 Å². The third-order valence-electron chi connectivity index (χ3n) is 3.13. The molecule has 92 valence electrons. The van der Waals surface area contributed by atoms with Crippen molar-refractivity contribution < 1.29 is 9.47 Å². The number of ether oxygens (including phenoxy) is 2. The topological polar surface area (TPSA) is 33.7 Å². The Morgan fingerprint density at radius 2 is 2.12 bits per heavy atom. The SMILES string of the molecule is COCCCNC(=S)N1CC2CCC(C1)O2. The van der Waals surface area contributed by atoms with Crippen LogP contribution in [-0.4, -0.2) is 55.6 Å². The average molecular weight is 244 g/mol. The second kappa shape index (κ2) is 5.80. The van der Waals surface area contributed by atoms with Gasteiger partial charge in [-0.2, -0.15) is 0 Å². The molecule has 0 aromatic carbocycles. The minimum Gasteiger partial charge on any atom is -0.385 e. The lowest BCUT2D eigenvalue weighted by Crippen LogP contribution is -2.49. The summed E-state index contributed by atoms with van der Waals surface area (Å²) in [6, 6.07) is 0. The lowest BCUT2D eigenvalue weighted by atomic mass is 10.2. The van der Waals surface area contributed by atoms with E-state index in [2.05, 4.69) is 10.2 Å². The monoisotopic (exact) mass is 244 g/mol. The molecule has 0 aromatic heterocycles. The number of nitrogens with one attached hydrogen (secondary N) is 1. The zero-order valence-corrected chi connectivity index (χ0v) is 10.6. The molecular formula is C11H20N2O2S. The van der Waals surface area contributed by atoms with Gasteiger partial charge in [0.2, 0.25) is 0 Å². The lowest BCUT2D eigenvalue weighted by molar-refractivity contribution is -0.0159. The minimum atomic E-state index is 0.400. The quantitative estimate of drug-likeness (QED) is 0.583. The van der Waals surface area contributed by atoms with Crippen molar-refractivity contribution in [1.82, 2.24) is 10.2 Å². The highest BCUT2D eigenvalue weighted by Crippen LogP contribution is 2.26. The molecule has 1 N–H and O–H groups in total. The molecule has 0 aliphatic carbocycles. The molecular weight excluding hydrogens is 224 g/mol. The summed E-state index contributed by atoms with van der Waals surface area (Å²) in [4.78, 5) is 2.24. The van der Waals surface area contributed by atoms with E-state index in [0.29, 0.717) is 12.2 Å². The average Bonchev–Trinajstić information content (AvgIpc) is 2.63. The van der Waals surface area contributed by atoms with E-state index in [-0.39, 0.29) is 0 Å². The van der Waals surface area contributed by atoms with Crippen LogP contribution in [0.15, 0.2) is 0 Å². The smallest absolute Gasteiger partial charge is 0.169 e. The van der Waals surface area contributed by atoms with E-state index in [0.717, 1.165) is 37.8 Å². The van der Waals surface area contributed by atoms with Crippen molar-refractivity contribution in [3.63, 3.8) is 0 Å². The van der Waals surface area contributed by atoms with E-state index in [1.54, 1.807) is 7.11 Å². The van der Waals surface area contributed by atoms with Crippen LogP contribution in [0.3, 0.4) is 0 Å². The number of hydrogen-bond acceptors (Lipinski definition) is 3. The van der Waals surface area contributed by atoms with Gasteiger partial charge in [-0.05, 0) is 31.5 Å². The normalized spacial score (nSPS) is 28.2. The van der Waals surface area contributed by atoms with Crippen molar-refractivity contribution in [2.24, 2.45) is 0 Å². The Labute approximate surface area is 102 Å². The number of rotatable bonds is 4. The Hall–Kier alpha value is -0.390. The number of thiocarbonyl (C=S) groups is 1. The van der Waals surface area contributed by atoms with Crippen LogP contribution in [-0.2, 0) is 9.47 Å². The Kier molecular flexibility index (Phi) is 4.37. The predicted molar refractivity (Wildman–Crippen MR) is 66.6 cm³/mol. The van der Waals surface area contributed by atoms with Gasteiger partial charge in [0, 0.05) is 33.4 Å². The lowest BCUT2D eigenvalue weighted by Gasteiger charge is -2.34. The van der Waals surface area contributed by atoms with E-state index in [9.17, 15) is 0 Å². The molecule has 0 amide bonds. The molecule has 2 aliphatic heterocycles. The Balaban J connectivity index is 1.69. The van der Waals surface area contributed by atoms with Gasteiger partial charge in [0.15, 0.2) is 5.11 Å². The summed E-state index contributed by atoms with van der Waals surface area (Å²) in [6.45, 7) is 3.57. The number of morpholine rings is 1. The van der Waals surface area contributed by atoms with E-state index in [1.165, 1.54) is 12.8 Å². The molecule has 2 saturated heterocycles. The van der Waals surface area contributed by atoms with Crippen LogP contribution in [0.5, 0.6) is 0 Å². The molecule has 0 spiro atoms. The van der Waals surface area contributed by atoms with Gasteiger partial charge in [0.05, 0.1) is 12.2 Å². The van der Waals surface area contributed by atoms with Gasteiger partial charge in [-0.25, -0.2) is 0 Å². The standard InChI is InChI=1S/C11H20N2O2S/c1-14-6-2-5-12-11(16)13-7-9-3-4-10(8-13)15-9/h9-10H,2-8H2,1H3,(H,12,16). The maximum absolute atomic E-state index is 5.77. The van der Waals surface area contributed by atoms with E-state index < -0.39 is 0 Å². The van der Waals surface area contributed by atoms with Gasteiger partial charge >= 0.3 is 0 Å². The number of methoxy groups -OCH3 is 1. The molecule has 2 heterocycles. The van der Waals surface area contributed by atoms with Crippen molar-refractivity contribution in [3.05, 3.63) is 0 Å². The first-order valence-electron chi connectivity index (χ1n) is 5.97. The maximum Gasteiger partial charge on any atom is 0.169 e. The van der Waals surface area contributed by atoms with Gasteiger partial charge < -0.3 is 19.7 Å². The first kappa shape index (κ1) is 12.1. The van der Waals surface area contributed by atoms with Crippen LogP contribution in [0.2, 0.25) is 0 Å². The molecule has 0 radical (unpaired) electrons. The first-order valence-corrected chi connectivity index (χ1v) is 6.37. The third kappa shape index (κ3) is 3.06. The Bertz CT molecular complexity index is 238. The van der Waals surface area contributed by atoms with Crippen LogP contribution in [0.4, 0.5) is 0 Å². The fourth-order valence-corrected chi connectivity index (χ4v) is 2.56. The predicted octanol–water partition coefficient (Wildman–Crippen LogP) is 0.761. The minimum absolute atomic E-state index is 0.400. The van der Waals surface area contributed by atoms with Crippen LogP contribution >= 0.6 is 12.2 Å². The van der Waals surface area contributed by atoms with Crippen molar-refractivity contribution in [1.29, 1.82) is 0 Å². The Morgan fingerprint density at radius 3 is 2.75 bits per heavy atom. The highest BCUT2D eigenvalue weighted by molar-refractivity contribution is 7.80. The first-order chi connectivity index (χ1) is 7.79. The van der Waals surface area contributed by atoms with Crippen molar-refractivity contribution in [3.8, 4) is 0 Å². The van der Waals surface area contributed by atoms with Crippen LogP contribution < -0.4 is 5.32 Å². The van der Waals surface area contributed by atoms with Gasteiger partial charge in [0.1, 0.15) is 0 Å². The number of hydrogen-bond donors (Lipinski definition) is 1. The second-order valence-electron chi connectivity index (χ2n) is 4.44. The van der Waals surface area contributed by atoms with Crippen molar-refractivity contribution >= 4 is 17.3 Å². The van der Waals surface area contributed by atoms with Crippen LogP contribution in [0.25, 0.3) is 0 Å². The van der Waals surface area contributed by atoms with Gasteiger partial charge in [-0.1, -0.05) is 0 Å². The summed E-state index contributed by atoms with van der Waals surface area (Å²) in [5, 5.41) is 4.15. The Morgan fingerprint density at radius 1 is 1.44 bits per heavy atom. The molecule has 2 bridgehead atoms. The molecule has 2 fully saturated rings. The highest BCUT2D eigenvalue weighted by atomic mass is 32.1. The molecule has 0 saturated carbocycles. The molecule has 2 rings (SSSR count).